The van der Waals surface area contributed by atoms with E-state index in [0.717, 1.165) is 11.1 Å². The Bertz CT molecular complexity index is 1510. The van der Waals surface area contributed by atoms with Crippen LogP contribution in [-0.4, -0.2) is 36.3 Å². The number of carbonyl (C=O) groups excluding carboxylic acids is 1. The molecule has 1 amide bonds. The van der Waals surface area contributed by atoms with Crippen LogP contribution in [0, 0.1) is 18.3 Å². The van der Waals surface area contributed by atoms with Gasteiger partial charge in [0.2, 0.25) is 5.16 Å². The Balaban J connectivity index is 1.62. The second kappa shape index (κ2) is 9.56. The van der Waals surface area contributed by atoms with E-state index in [9.17, 15) is 14.3 Å². The number of nitriles is 1. The number of hydrogen-bond acceptors (Lipinski definition) is 8. The Morgan fingerprint density at radius 3 is 2.66 bits per heavy atom. The molecule has 0 saturated carbocycles. The monoisotopic (exact) mass is 485 g/mol. The molecule has 0 spiro atoms. The van der Waals surface area contributed by atoms with Gasteiger partial charge in [-0.1, -0.05) is 18.2 Å². The number of nitrogens with one attached hydrogen (secondary N) is 2. The van der Waals surface area contributed by atoms with E-state index in [-0.39, 0.29) is 11.1 Å². The zero-order valence-electron chi connectivity index (χ0n) is 19.7. The van der Waals surface area contributed by atoms with Crippen LogP contribution in [0.15, 0.2) is 60.1 Å². The number of hydrogen-bond donors (Lipinski definition) is 2. The molecule has 0 aliphatic heterocycles. The molecular weight excluding hydrogens is 462 g/mol. The van der Waals surface area contributed by atoms with E-state index in [1.165, 1.54) is 18.8 Å². The van der Waals surface area contributed by atoms with Crippen molar-refractivity contribution in [1.29, 1.82) is 5.26 Å². The number of aryl methyl sites for hydroxylation is 1. The Labute approximate surface area is 205 Å². The minimum atomic E-state index is -1.35. The lowest BCUT2D eigenvalue weighted by atomic mass is 9.85. The number of nitrogens with zero attached hydrogens (tertiary/aromatic N) is 5. The highest BCUT2D eigenvalue weighted by atomic mass is 32.2. The average Bonchev–Trinajstić information content (AvgIpc) is 2.86. The molecule has 0 radical (unpaired) electrons. The van der Waals surface area contributed by atoms with Gasteiger partial charge in [0.1, 0.15) is 17.4 Å². The third kappa shape index (κ3) is 5.15. The highest BCUT2D eigenvalue weighted by molar-refractivity contribution is 7.84. The van der Waals surface area contributed by atoms with E-state index in [4.69, 9.17) is 0 Å². The number of fused-ring (bicyclic) bond motifs is 1. The summed E-state index contributed by atoms with van der Waals surface area (Å²) in [5, 5.41) is 15.8. The first kappa shape index (κ1) is 23.9. The molecule has 2 aromatic heterocycles. The van der Waals surface area contributed by atoms with Gasteiger partial charge in [-0.15, -0.1) is 0 Å². The molecule has 1 unspecified atom stereocenters. The second-order valence-corrected chi connectivity index (χ2v) is 9.76. The summed E-state index contributed by atoms with van der Waals surface area (Å²) < 4.78 is 11.8. The summed E-state index contributed by atoms with van der Waals surface area (Å²) in [6.45, 7) is 5.54. The van der Waals surface area contributed by atoms with E-state index < -0.39 is 16.2 Å². The van der Waals surface area contributed by atoms with E-state index >= 15 is 0 Å². The first-order valence-electron chi connectivity index (χ1n) is 10.7. The van der Waals surface area contributed by atoms with Crippen molar-refractivity contribution in [2.24, 2.45) is 0 Å². The summed E-state index contributed by atoms with van der Waals surface area (Å²) in [5.74, 6) is 0.146. The summed E-state index contributed by atoms with van der Waals surface area (Å²) in [6, 6.07) is 14.8. The predicted molar refractivity (Wildman–Crippen MR) is 135 cm³/mol. The van der Waals surface area contributed by atoms with E-state index in [2.05, 4.69) is 36.6 Å². The van der Waals surface area contributed by atoms with Crippen LogP contribution in [0.5, 0.6) is 0 Å². The molecule has 176 valence electrons. The van der Waals surface area contributed by atoms with Crippen molar-refractivity contribution in [1.82, 2.24) is 19.9 Å². The Morgan fingerprint density at radius 1 is 1.11 bits per heavy atom. The molecule has 4 aromatic rings. The second-order valence-electron chi connectivity index (χ2n) is 8.49. The molecule has 2 aromatic carbocycles. The Kier molecular flexibility index (Phi) is 6.53. The topological polar surface area (TPSA) is 134 Å². The lowest BCUT2D eigenvalue weighted by Crippen LogP contribution is -2.17. The molecule has 0 aliphatic carbocycles. The normalized spacial score (nSPS) is 12.1. The average molecular weight is 486 g/mol. The number of carbonyl (C=O) groups is 1. The summed E-state index contributed by atoms with van der Waals surface area (Å²) in [7, 11) is -1.35. The standard InChI is InChI=1S/C25H23N7O2S/c1-15-8-9-18(30-23(33)16-6-5-7-17(10-16)25(2,3)13-26)11-19(15)31-22-21-20(28-14-29-22)12-27-24(32-21)35(4)34/h5-12,14H,1-4H3,(H,30,33)(H,28,29,31). The first-order chi connectivity index (χ1) is 16.7. The molecule has 0 bridgehead atoms. The predicted octanol–water partition coefficient (Wildman–Crippen LogP) is 4.26. The molecule has 0 saturated heterocycles. The molecule has 2 heterocycles. The van der Waals surface area contributed by atoms with Gasteiger partial charge in [-0.2, -0.15) is 5.26 Å². The van der Waals surface area contributed by atoms with Gasteiger partial charge >= 0.3 is 0 Å². The lowest BCUT2D eigenvalue weighted by Gasteiger charge is -2.17. The van der Waals surface area contributed by atoms with Crippen LogP contribution in [0.1, 0.15) is 35.3 Å². The minimum absolute atomic E-state index is 0.190. The maximum atomic E-state index is 12.9. The van der Waals surface area contributed by atoms with Crippen molar-refractivity contribution >= 4 is 44.9 Å². The zero-order valence-corrected chi connectivity index (χ0v) is 20.5. The van der Waals surface area contributed by atoms with Crippen molar-refractivity contribution in [3.63, 3.8) is 0 Å². The third-order valence-electron chi connectivity index (χ3n) is 5.49. The fraction of sp³-hybridized carbons (Fsp3) is 0.200. The Morgan fingerprint density at radius 2 is 1.91 bits per heavy atom. The van der Waals surface area contributed by atoms with E-state index in [1.54, 1.807) is 30.3 Å². The van der Waals surface area contributed by atoms with Crippen LogP contribution in [0.2, 0.25) is 0 Å². The summed E-state index contributed by atoms with van der Waals surface area (Å²) in [5.41, 5.74) is 3.68. The molecule has 35 heavy (non-hydrogen) atoms. The van der Waals surface area contributed by atoms with Gasteiger partial charge in [-0.3, -0.25) is 9.00 Å². The minimum Gasteiger partial charge on any atom is -0.338 e. The maximum Gasteiger partial charge on any atom is 0.255 e. The molecule has 2 N–H and O–H groups in total. The van der Waals surface area contributed by atoms with Crippen LogP contribution in [-0.2, 0) is 16.2 Å². The highest BCUT2D eigenvalue weighted by Gasteiger charge is 2.21. The Hall–Kier alpha value is -4.23. The van der Waals surface area contributed by atoms with Crippen molar-refractivity contribution in [2.45, 2.75) is 31.3 Å². The summed E-state index contributed by atoms with van der Waals surface area (Å²) in [4.78, 5) is 29.8. The summed E-state index contributed by atoms with van der Waals surface area (Å²) >= 11 is 0. The van der Waals surface area contributed by atoms with Gasteiger partial charge in [-0.25, -0.2) is 19.9 Å². The van der Waals surface area contributed by atoms with E-state index in [1.807, 2.05) is 32.9 Å². The molecule has 9 nitrogen and oxygen atoms in total. The molecule has 0 aliphatic rings. The molecular formula is C25H23N7O2S. The zero-order chi connectivity index (χ0) is 25.2. The fourth-order valence-corrected chi connectivity index (χ4v) is 3.77. The van der Waals surface area contributed by atoms with Gasteiger partial charge in [-0.05, 0) is 56.2 Å². The number of benzene rings is 2. The molecule has 4 rings (SSSR count). The van der Waals surface area contributed by atoms with Crippen LogP contribution in [0.25, 0.3) is 11.0 Å². The SMILES string of the molecule is Cc1ccc(NC(=O)c2cccc(C(C)(C)C#N)c2)cc1Nc1ncnc2cnc(S(C)=O)nc12. The molecule has 0 fully saturated rings. The number of rotatable bonds is 6. The van der Waals surface area contributed by atoms with Crippen molar-refractivity contribution in [2.75, 3.05) is 16.9 Å². The van der Waals surface area contributed by atoms with Crippen LogP contribution < -0.4 is 10.6 Å². The van der Waals surface area contributed by atoms with Gasteiger partial charge in [0.05, 0.1) is 28.5 Å². The fourth-order valence-electron chi connectivity index (χ4n) is 3.35. The van der Waals surface area contributed by atoms with Crippen molar-refractivity contribution < 1.29 is 9.00 Å². The largest absolute Gasteiger partial charge is 0.338 e. The molecule has 1 atom stereocenters. The number of amides is 1. The van der Waals surface area contributed by atoms with E-state index in [0.29, 0.717) is 33.8 Å². The lowest BCUT2D eigenvalue weighted by molar-refractivity contribution is 0.102. The van der Waals surface area contributed by atoms with Crippen LogP contribution in [0.3, 0.4) is 0 Å². The summed E-state index contributed by atoms with van der Waals surface area (Å²) in [6.07, 6.45) is 4.41. The van der Waals surface area contributed by atoms with Crippen LogP contribution in [0.4, 0.5) is 17.2 Å². The smallest absolute Gasteiger partial charge is 0.255 e. The van der Waals surface area contributed by atoms with Crippen LogP contribution >= 0.6 is 0 Å². The first-order valence-corrected chi connectivity index (χ1v) is 12.3. The maximum absolute atomic E-state index is 12.9. The van der Waals surface area contributed by atoms with Gasteiger partial charge in [0.15, 0.2) is 5.82 Å². The van der Waals surface area contributed by atoms with Gasteiger partial charge in [0, 0.05) is 23.2 Å². The van der Waals surface area contributed by atoms with Crippen molar-refractivity contribution in [3.8, 4) is 6.07 Å². The number of aromatic nitrogens is 4. The third-order valence-corrected chi connectivity index (χ3v) is 6.20. The van der Waals surface area contributed by atoms with Crippen molar-refractivity contribution in [3.05, 3.63) is 71.7 Å². The number of anilines is 3. The highest BCUT2D eigenvalue weighted by Crippen LogP contribution is 2.27. The molecule has 10 heteroatoms. The quantitative estimate of drug-likeness (QED) is 0.387. The van der Waals surface area contributed by atoms with Gasteiger partial charge < -0.3 is 10.6 Å². The van der Waals surface area contributed by atoms with Gasteiger partial charge in [0.25, 0.3) is 5.91 Å².